The minimum Gasteiger partial charge on any atom is -0.492 e. The maximum Gasteiger partial charge on any atom is 0.272 e. The molecule has 0 heterocycles. The van der Waals surface area contributed by atoms with Crippen LogP contribution < -0.4 is 15.6 Å². The molecular formula is C17H14Cl3FN2O3. The van der Waals surface area contributed by atoms with E-state index >= 15 is 0 Å². The van der Waals surface area contributed by atoms with Crippen molar-refractivity contribution in [2.24, 2.45) is 0 Å². The quantitative estimate of drug-likeness (QED) is 0.538. The van der Waals surface area contributed by atoms with E-state index in [9.17, 15) is 14.0 Å². The Labute approximate surface area is 164 Å². The molecule has 0 aliphatic carbocycles. The molecule has 0 fully saturated rings. The van der Waals surface area contributed by atoms with E-state index in [1.807, 2.05) is 0 Å². The van der Waals surface area contributed by atoms with Gasteiger partial charge in [-0.15, -0.1) is 0 Å². The topological polar surface area (TPSA) is 67.4 Å². The SMILES string of the molecule is O=C(CCCOc1ccc(Cl)cc1Cl)NNC(=O)c1cc(Cl)ccc1F. The third-order valence-electron chi connectivity index (χ3n) is 3.19. The number of rotatable bonds is 6. The van der Waals surface area contributed by atoms with Gasteiger partial charge in [0.1, 0.15) is 11.6 Å². The van der Waals surface area contributed by atoms with E-state index in [1.165, 1.54) is 12.1 Å². The van der Waals surface area contributed by atoms with E-state index in [2.05, 4.69) is 10.9 Å². The van der Waals surface area contributed by atoms with Crippen LogP contribution >= 0.6 is 34.8 Å². The van der Waals surface area contributed by atoms with Crippen molar-refractivity contribution in [2.45, 2.75) is 12.8 Å². The maximum absolute atomic E-state index is 13.5. The predicted octanol–water partition coefficient (Wildman–Crippen LogP) is 4.41. The summed E-state index contributed by atoms with van der Waals surface area (Å²) >= 11 is 17.5. The van der Waals surface area contributed by atoms with Crippen LogP contribution in [0.15, 0.2) is 36.4 Å². The average Bonchev–Trinajstić information content (AvgIpc) is 2.60. The lowest BCUT2D eigenvalue weighted by molar-refractivity contribution is -0.122. The van der Waals surface area contributed by atoms with Crippen LogP contribution in [0.2, 0.25) is 15.1 Å². The Balaban J connectivity index is 1.72. The molecule has 0 bridgehead atoms. The second-order valence-electron chi connectivity index (χ2n) is 5.15. The zero-order valence-corrected chi connectivity index (χ0v) is 15.6. The molecule has 5 nitrogen and oxygen atoms in total. The highest BCUT2D eigenvalue weighted by atomic mass is 35.5. The number of carbonyl (C=O) groups is 2. The van der Waals surface area contributed by atoms with Crippen molar-refractivity contribution in [2.75, 3.05) is 6.61 Å². The van der Waals surface area contributed by atoms with Crippen molar-refractivity contribution in [3.05, 3.63) is 62.8 Å². The largest absolute Gasteiger partial charge is 0.492 e. The minimum absolute atomic E-state index is 0.0868. The maximum atomic E-state index is 13.5. The molecule has 26 heavy (non-hydrogen) atoms. The number of carbonyl (C=O) groups excluding carboxylic acids is 2. The molecule has 2 aromatic carbocycles. The molecule has 0 radical (unpaired) electrons. The summed E-state index contributed by atoms with van der Waals surface area (Å²) in [5.74, 6) is -1.54. The first-order chi connectivity index (χ1) is 12.4. The first-order valence-electron chi connectivity index (χ1n) is 7.49. The van der Waals surface area contributed by atoms with Gasteiger partial charge in [0.25, 0.3) is 5.91 Å². The standard InChI is InChI=1S/C17H14Cl3FN2O3/c18-10-3-5-14(21)12(8-10)17(25)23-22-16(24)2-1-7-26-15-6-4-11(19)9-13(15)20/h3-6,8-9H,1-2,7H2,(H,22,24)(H,23,25). The molecule has 0 aliphatic rings. The molecule has 2 N–H and O–H groups in total. The summed E-state index contributed by atoms with van der Waals surface area (Å²) in [6, 6.07) is 8.37. The number of hydrogen-bond donors (Lipinski definition) is 2. The zero-order valence-electron chi connectivity index (χ0n) is 13.3. The van der Waals surface area contributed by atoms with Gasteiger partial charge in [-0.25, -0.2) is 4.39 Å². The van der Waals surface area contributed by atoms with Gasteiger partial charge in [-0.05, 0) is 42.8 Å². The van der Waals surface area contributed by atoms with E-state index in [1.54, 1.807) is 18.2 Å². The molecule has 0 saturated heterocycles. The van der Waals surface area contributed by atoms with Crippen LogP contribution in [0, 0.1) is 5.82 Å². The third kappa shape index (κ3) is 6.05. The Morgan fingerprint density at radius 1 is 1.00 bits per heavy atom. The van der Waals surface area contributed by atoms with E-state index in [4.69, 9.17) is 39.5 Å². The second kappa shape index (κ2) is 9.62. The number of halogens is 4. The van der Waals surface area contributed by atoms with Crippen molar-refractivity contribution < 1.29 is 18.7 Å². The molecule has 2 amide bonds. The summed E-state index contributed by atoms with van der Waals surface area (Å²) in [6.07, 6.45) is 0.468. The molecule has 0 saturated carbocycles. The van der Waals surface area contributed by atoms with Crippen molar-refractivity contribution in [1.82, 2.24) is 10.9 Å². The van der Waals surface area contributed by atoms with Gasteiger partial charge in [0.2, 0.25) is 5.91 Å². The van der Waals surface area contributed by atoms with E-state index < -0.39 is 17.6 Å². The number of ether oxygens (including phenoxy) is 1. The van der Waals surface area contributed by atoms with Crippen LogP contribution in [0.1, 0.15) is 23.2 Å². The van der Waals surface area contributed by atoms with Gasteiger partial charge in [-0.2, -0.15) is 0 Å². The van der Waals surface area contributed by atoms with E-state index in [0.29, 0.717) is 22.2 Å². The Morgan fingerprint density at radius 2 is 1.69 bits per heavy atom. The van der Waals surface area contributed by atoms with Gasteiger partial charge in [0.15, 0.2) is 0 Å². The molecule has 0 unspecified atom stereocenters. The van der Waals surface area contributed by atoms with Crippen LogP contribution in [-0.4, -0.2) is 18.4 Å². The Morgan fingerprint density at radius 3 is 2.42 bits per heavy atom. The van der Waals surface area contributed by atoms with Gasteiger partial charge in [-0.3, -0.25) is 20.4 Å². The number of amides is 2. The molecule has 0 aromatic heterocycles. The Kier molecular flexibility index (Phi) is 7.50. The second-order valence-corrected chi connectivity index (χ2v) is 6.43. The number of hydrogen-bond acceptors (Lipinski definition) is 3. The van der Waals surface area contributed by atoms with Crippen molar-refractivity contribution in [3.63, 3.8) is 0 Å². The Bertz CT molecular complexity index is 818. The van der Waals surface area contributed by atoms with Crippen LogP contribution in [0.25, 0.3) is 0 Å². The minimum atomic E-state index is -0.803. The fourth-order valence-corrected chi connectivity index (χ4v) is 2.57. The van der Waals surface area contributed by atoms with Crippen LogP contribution in [-0.2, 0) is 4.79 Å². The summed E-state index contributed by atoms with van der Waals surface area (Å²) in [5.41, 5.74) is 4.06. The first-order valence-corrected chi connectivity index (χ1v) is 8.62. The lowest BCUT2D eigenvalue weighted by atomic mass is 10.2. The fraction of sp³-hybridized carbons (Fsp3) is 0.176. The van der Waals surface area contributed by atoms with Crippen LogP contribution in [0.4, 0.5) is 4.39 Å². The summed E-state index contributed by atoms with van der Waals surface area (Å²) in [4.78, 5) is 23.5. The monoisotopic (exact) mass is 418 g/mol. The predicted molar refractivity (Wildman–Crippen MR) is 98.2 cm³/mol. The molecule has 0 atom stereocenters. The van der Waals surface area contributed by atoms with Gasteiger partial charge in [-0.1, -0.05) is 34.8 Å². The zero-order chi connectivity index (χ0) is 19.1. The van der Waals surface area contributed by atoms with Crippen LogP contribution in [0.5, 0.6) is 5.75 Å². The molecule has 2 rings (SSSR count). The van der Waals surface area contributed by atoms with Crippen LogP contribution in [0.3, 0.4) is 0 Å². The first kappa shape index (κ1) is 20.3. The van der Waals surface area contributed by atoms with Crippen molar-refractivity contribution >= 4 is 46.6 Å². The normalized spacial score (nSPS) is 10.3. The lowest BCUT2D eigenvalue weighted by Gasteiger charge is -2.10. The molecule has 0 aliphatic heterocycles. The Hall–Kier alpha value is -2.02. The average molecular weight is 420 g/mol. The molecule has 0 spiro atoms. The molecule has 138 valence electrons. The fourth-order valence-electron chi connectivity index (χ4n) is 1.93. The summed E-state index contributed by atoms with van der Waals surface area (Å²) in [6.45, 7) is 0.242. The van der Waals surface area contributed by atoms with Crippen molar-refractivity contribution in [3.8, 4) is 5.75 Å². The summed E-state index contributed by atoms with van der Waals surface area (Å²) in [5, 5.41) is 1.08. The highest BCUT2D eigenvalue weighted by molar-refractivity contribution is 6.35. The third-order valence-corrected chi connectivity index (χ3v) is 3.95. The lowest BCUT2D eigenvalue weighted by Crippen LogP contribution is -2.42. The van der Waals surface area contributed by atoms with E-state index in [0.717, 1.165) is 6.07 Å². The van der Waals surface area contributed by atoms with Gasteiger partial charge >= 0.3 is 0 Å². The van der Waals surface area contributed by atoms with Gasteiger partial charge < -0.3 is 4.74 Å². The summed E-state index contributed by atoms with van der Waals surface area (Å²) < 4.78 is 19.0. The smallest absolute Gasteiger partial charge is 0.272 e. The number of benzene rings is 2. The van der Waals surface area contributed by atoms with Gasteiger partial charge in [0, 0.05) is 16.5 Å². The summed E-state index contributed by atoms with van der Waals surface area (Å²) in [7, 11) is 0. The van der Waals surface area contributed by atoms with E-state index in [-0.39, 0.29) is 23.6 Å². The highest BCUT2D eigenvalue weighted by Gasteiger charge is 2.13. The van der Waals surface area contributed by atoms with Gasteiger partial charge in [0.05, 0.1) is 17.2 Å². The number of nitrogens with one attached hydrogen (secondary N) is 2. The van der Waals surface area contributed by atoms with Crippen molar-refractivity contribution in [1.29, 1.82) is 0 Å². The number of hydrazine groups is 1. The molecule has 2 aromatic rings. The highest BCUT2D eigenvalue weighted by Crippen LogP contribution is 2.27. The molecule has 9 heteroatoms. The molecular weight excluding hydrogens is 406 g/mol.